The van der Waals surface area contributed by atoms with Crippen LogP contribution in [0.5, 0.6) is 23.0 Å². The Hall–Kier alpha value is -7.34. The van der Waals surface area contributed by atoms with Gasteiger partial charge in [-0.3, -0.25) is 0 Å². The first kappa shape index (κ1) is 30.9. The minimum atomic E-state index is 0.716. The van der Waals surface area contributed by atoms with Gasteiger partial charge in [0.15, 0.2) is 23.0 Å². The Bertz CT molecular complexity index is 3650. The van der Waals surface area contributed by atoms with Gasteiger partial charge in [0.05, 0.1) is 22.1 Å². The van der Waals surface area contributed by atoms with Gasteiger partial charge < -0.3 is 18.6 Å². The zero-order valence-corrected chi connectivity index (χ0v) is 31.3. The van der Waals surface area contributed by atoms with E-state index in [9.17, 15) is 0 Å². The molecule has 0 atom stereocenters. The van der Waals surface area contributed by atoms with Crippen LogP contribution in [0.4, 0.5) is 0 Å². The summed E-state index contributed by atoms with van der Waals surface area (Å²) in [6.45, 7) is 0. The number of hydrogen-bond acceptors (Lipinski definition) is 3. The van der Waals surface area contributed by atoms with Gasteiger partial charge in [-0.1, -0.05) is 97.1 Å². The maximum atomic E-state index is 6.48. The SMILES string of the molecule is c1ccc(-n2c3ccc(-n4c5ccccc5c5cc(-c6ccc7c(c6)Oc6cc8ccccc8cc6O7)ccc54)cc3c3c4sc5ccccc5c4ccc32)cc1. The van der Waals surface area contributed by atoms with Crippen molar-refractivity contribution < 1.29 is 9.47 Å². The second-order valence-electron chi connectivity index (χ2n) is 14.9. The molecule has 0 spiro atoms. The molecule has 4 nitrogen and oxygen atoms in total. The second kappa shape index (κ2) is 11.6. The molecule has 1 aliphatic rings. The lowest BCUT2D eigenvalue weighted by Crippen LogP contribution is -1.99. The lowest BCUT2D eigenvalue weighted by molar-refractivity contribution is 0.360. The minimum absolute atomic E-state index is 0.716. The Kier molecular flexibility index (Phi) is 6.29. The Balaban J connectivity index is 0.986. The van der Waals surface area contributed by atoms with Gasteiger partial charge in [-0.05, 0) is 107 Å². The van der Waals surface area contributed by atoms with Gasteiger partial charge in [0.25, 0.3) is 0 Å². The first-order chi connectivity index (χ1) is 28.2. The lowest BCUT2D eigenvalue weighted by Gasteiger charge is -2.22. The molecule has 266 valence electrons. The van der Waals surface area contributed by atoms with E-state index in [4.69, 9.17) is 9.47 Å². The topological polar surface area (TPSA) is 28.3 Å². The second-order valence-corrected chi connectivity index (χ2v) is 16.0. The number of aromatic nitrogens is 2. The van der Waals surface area contributed by atoms with Crippen LogP contribution in [0.25, 0.3) is 97.1 Å². The van der Waals surface area contributed by atoms with Crippen LogP contribution in [0.3, 0.4) is 0 Å². The smallest absolute Gasteiger partial charge is 0.170 e. The maximum absolute atomic E-state index is 6.48. The lowest BCUT2D eigenvalue weighted by atomic mass is 10.0. The standard InChI is InChI=1S/C52H30N2O2S/c1-2-12-35(13-3-1)53-44-23-20-36(30-41(44)51-45(53)24-21-39-38-15-7-9-17-50(38)57-52(39)51)54-42-16-8-6-14-37(42)40-26-33(18-22-43(40)54)34-19-25-46-47(29-34)56-49-28-32-11-5-4-10-31(32)27-48(49)55-46/h1-30H. The van der Waals surface area contributed by atoms with E-state index in [1.54, 1.807) is 0 Å². The molecular formula is C52H30N2O2S. The third-order valence-corrected chi connectivity index (χ3v) is 12.9. The van der Waals surface area contributed by atoms with Crippen LogP contribution in [0, 0.1) is 0 Å². The Morgan fingerprint density at radius 2 is 0.965 bits per heavy atom. The summed E-state index contributed by atoms with van der Waals surface area (Å²) in [5.41, 5.74) is 9.24. The molecule has 57 heavy (non-hydrogen) atoms. The number of thiophene rings is 1. The molecule has 5 heteroatoms. The molecule has 1 aliphatic heterocycles. The molecule has 0 saturated heterocycles. The van der Waals surface area contributed by atoms with Crippen molar-refractivity contribution in [2.24, 2.45) is 0 Å². The molecule has 0 saturated carbocycles. The fraction of sp³-hybridized carbons (Fsp3) is 0. The van der Waals surface area contributed by atoms with E-state index in [2.05, 4.69) is 173 Å². The zero-order valence-electron chi connectivity index (χ0n) is 30.4. The Morgan fingerprint density at radius 1 is 0.351 bits per heavy atom. The molecule has 0 unspecified atom stereocenters. The van der Waals surface area contributed by atoms with Gasteiger partial charge in [0.1, 0.15) is 0 Å². The number of benzene rings is 9. The van der Waals surface area contributed by atoms with Crippen molar-refractivity contribution in [1.29, 1.82) is 0 Å². The van der Waals surface area contributed by atoms with Crippen molar-refractivity contribution in [1.82, 2.24) is 9.13 Å². The van der Waals surface area contributed by atoms with E-state index in [0.29, 0.717) is 5.75 Å². The van der Waals surface area contributed by atoms with Gasteiger partial charge in [0.2, 0.25) is 0 Å². The van der Waals surface area contributed by atoms with Gasteiger partial charge in [-0.25, -0.2) is 0 Å². The number of para-hydroxylation sites is 2. The fourth-order valence-electron chi connectivity index (χ4n) is 9.15. The van der Waals surface area contributed by atoms with Crippen molar-refractivity contribution in [3.8, 4) is 45.5 Å². The van der Waals surface area contributed by atoms with Crippen LogP contribution in [-0.4, -0.2) is 9.13 Å². The molecule has 0 bridgehead atoms. The van der Waals surface area contributed by atoms with Gasteiger partial charge in [-0.2, -0.15) is 0 Å². The van der Waals surface area contributed by atoms with E-state index in [1.165, 1.54) is 58.3 Å². The van der Waals surface area contributed by atoms with Gasteiger partial charge >= 0.3 is 0 Å². The molecule has 0 radical (unpaired) electrons. The molecule has 0 N–H and O–H groups in total. The molecule has 13 rings (SSSR count). The number of hydrogen-bond donors (Lipinski definition) is 0. The van der Waals surface area contributed by atoms with Crippen molar-refractivity contribution in [2.75, 3.05) is 0 Å². The Morgan fingerprint density at radius 3 is 1.82 bits per heavy atom. The summed E-state index contributed by atoms with van der Waals surface area (Å²) < 4.78 is 20.3. The van der Waals surface area contributed by atoms with Crippen molar-refractivity contribution in [3.63, 3.8) is 0 Å². The quantitative estimate of drug-likeness (QED) is 0.180. The highest BCUT2D eigenvalue weighted by molar-refractivity contribution is 7.26. The molecule has 0 amide bonds. The van der Waals surface area contributed by atoms with E-state index in [0.717, 1.165) is 56.0 Å². The highest BCUT2D eigenvalue weighted by atomic mass is 32.1. The largest absolute Gasteiger partial charge is 0.449 e. The molecule has 4 heterocycles. The van der Waals surface area contributed by atoms with Gasteiger partial charge in [-0.15, -0.1) is 11.3 Å². The van der Waals surface area contributed by atoms with Crippen molar-refractivity contribution >= 4 is 85.9 Å². The summed E-state index contributed by atoms with van der Waals surface area (Å²) in [7, 11) is 0. The van der Waals surface area contributed by atoms with Crippen LogP contribution in [0.1, 0.15) is 0 Å². The minimum Gasteiger partial charge on any atom is -0.449 e. The zero-order chi connectivity index (χ0) is 37.2. The third kappa shape index (κ3) is 4.49. The first-order valence-corrected chi connectivity index (χ1v) is 20.1. The van der Waals surface area contributed by atoms with E-state index in [1.807, 2.05) is 29.5 Å². The fourth-order valence-corrected chi connectivity index (χ4v) is 10.4. The number of rotatable bonds is 3. The first-order valence-electron chi connectivity index (χ1n) is 19.2. The maximum Gasteiger partial charge on any atom is 0.170 e. The predicted molar refractivity (Wildman–Crippen MR) is 238 cm³/mol. The van der Waals surface area contributed by atoms with Crippen molar-refractivity contribution in [2.45, 2.75) is 0 Å². The monoisotopic (exact) mass is 746 g/mol. The molecule has 12 aromatic rings. The Labute approximate surface area is 330 Å². The molecule has 3 aromatic heterocycles. The van der Waals surface area contributed by atoms with Crippen LogP contribution in [-0.2, 0) is 0 Å². The summed E-state index contributed by atoms with van der Waals surface area (Å²) in [4.78, 5) is 0. The van der Waals surface area contributed by atoms with E-state index >= 15 is 0 Å². The van der Waals surface area contributed by atoms with Gasteiger partial charge in [0, 0.05) is 53.1 Å². The molecular weight excluding hydrogens is 717 g/mol. The summed E-state index contributed by atoms with van der Waals surface area (Å²) in [6, 6.07) is 65.3. The number of fused-ring (bicyclic) bond motifs is 13. The average molecular weight is 747 g/mol. The van der Waals surface area contributed by atoms with Crippen LogP contribution in [0.15, 0.2) is 182 Å². The number of ether oxygens (including phenoxy) is 2. The highest BCUT2D eigenvalue weighted by Gasteiger charge is 2.22. The number of nitrogens with zero attached hydrogens (tertiary/aromatic N) is 2. The van der Waals surface area contributed by atoms with Crippen LogP contribution < -0.4 is 9.47 Å². The normalized spacial score (nSPS) is 12.5. The molecule has 0 fully saturated rings. The summed E-state index contributed by atoms with van der Waals surface area (Å²) in [5.74, 6) is 2.90. The third-order valence-electron chi connectivity index (χ3n) is 11.7. The van der Waals surface area contributed by atoms with E-state index < -0.39 is 0 Å². The summed E-state index contributed by atoms with van der Waals surface area (Å²) >= 11 is 1.89. The molecule has 0 aliphatic carbocycles. The predicted octanol–water partition coefficient (Wildman–Crippen LogP) is 15.0. The average Bonchev–Trinajstić information content (AvgIpc) is 3.92. The van der Waals surface area contributed by atoms with Crippen LogP contribution in [0.2, 0.25) is 0 Å². The highest BCUT2D eigenvalue weighted by Crippen LogP contribution is 2.49. The van der Waals surface area contributed by atoms with Crippen LogP contribution >= 0.6 is 11.3 Å². The summed E-state index contributed by atoms with van der Waals surface area (Å²) in [5, 5.41) is 9.83. The van der Waals surface area contributed by atoms with E-state index in [-0.39, 0.29) is 0 Å². The summed E-state index contributed by atoms with van der Waals surface area (Å²) in [6.07, 6.45) is 0. The molecule has 9 aromatic carbocycles. The van der Waals surface area contributed by atoms with Crippen molar-refractivity contribution in [3.05, 3.63) is 182 Å².